The van der Waals surface area contributed by atoms with Crippen molar-refractivity contribution in [2.24, 2.45) is 11.8 Å². The van der Waals surface area contributed by atoms with Gasteiger partial charge in [-0.3, -0.25) is 19.4 Å². The van der Waals surface area contributed by atoms with Crippen LogP contribution in [-0.2, 0) is 4.79 Å². The molecule has 1 aromatic heterocycles. The number of carbonyl (C=O) groups excluding carboxylic acids is 1. The van der Waals surface area contributed by atoms with Crippen LogP contribution >= 0.6 is 35.3 Å². The smallest absolute Gasteiger partial charge is 0.306 e. The number of amides is 1. The van der Waals surface area contributed by atoms with Gasteiger partial charge in [-0.15, -0.1) is 22.6 Å². The topological polar surface area (TPSA) is 95.9 Å². The lowest BCUT2D eigenvalue weighted by molar-refractivity contribution is -0.143. The molecule has 2 aromatic carbocycles. The first-order chi connectivity index (χ1) is 19.3. The Labute approximate surface area is 256 Å². The summed E-state index contributed by atoms with van der Waals surface area (Å²) < 4.78 is 6.18. The normalized spacial score (nSPS) is 16.1. The maximum absolute atomic E-state index is 13.5. The van der Waals surface area contributed by atoms with Crippen LogP contribution in [0.3, 0.4) is 0 Å². The molecule has 0 radical (unpaired) electrons. The Kier molecular flexibility index (Phi) is 10.6. The second-order valence-electron chi connectivity index (χ2n) is 10.8. The summed E-state index contributed by atoms with van der Waals surface area (Å²) in [6.45, 7) is 7.54. The molecule has 41 heavy (non-hydrogen) atoms. The van der Waals surface area contributed by atoms with E-state index in [4.69, 9.17) is 16.3 Å². The van der Waals surface area contributed by atoms with E-state index in [9.17, 15) is 14.7 Å². The van der Waals surface area contributed by atoms with Gasteiger partial charge in [-0.1, -0.05) is 41.5 Å². The molecule has 1 saturated carbocycles. The number of aryl methyl sites for hydroxylation is 2. The molecule has 0 spiro atoms. The highest BCUT2D eigenvalue weighted by molar-refractivity contribution is 7.18. The summed E-state index contributed by atoms with van der Waals surface area (Å²) in [4.78, 5) is 28.7. The number of anilines is 1. The highest BCUT2D eigenvalue weighted by Crippen LogP contribution is 2.36. The third kappa shape index (κ3) is 7.38. The molecular weight excluding hydrogens is 583 g/mol. The van der Waals surface area contributed by atoms with E-state index in [2.05, 4.69) is 27.2 Å². The number of aliphatic carboxylic acids is 1. The molecule has 1 aliphatic carbocycles. The van der Waals surface area contributed by atoms with Crippen LogP contribution in [0.5, 0.6) is 5.75 Å². The number of likely N-dealkylation sites (tertiary alicyclic amines) is 1. The van der Waals surface area contributed by atoms with Gasteiger partial charge in [0.1, 0.15) is 17.4 Å². The number of carboxylic acid groups (broad SMARTS) is 1. The molecule has 1 N–H and O–H groups in total. The van der Waals surface area contributed by atoms with Gasteiger partial charge in [0.2, 0.25) is 5.13 Å². The van der Waals surface area contributed by atoms with Crippen molar-refractivity contribution in [1.29, 1.82) is 0 Å². The first-order valence-corrected chi connectivity index (χ1v) is 15.1. The van der Waals surface area contributed by atoms with Crippen LogP contribution in [0.1, 0.15) is 53.6 Å². The predicted octanol–water partition coefficient (Wildman–Crippen LogP) is 6.52. The van der Waals surface area contributed by atoms with Gasteiger partial charge >= 0.3 is 5.97 Å². The molecule has 5 rings (SSSR count). The molecule has 220 valence electrons. The quantitative estimate of drug-likeness (QED) is 0.276. The molecule has 3 aromatic rings. The van der Waals surface area contributed by atoms with Gasteiger partial charge in [-0.05, 0) is 93.9 Å². The molecule has 2 heterocycles. The predicted molar refractivity (Wildman–Crippen MR) is 165 cm³/mol. The van der Waals surface area contributed by atoms with Crippen LogP contribution in [0.2, 0.25) is 5.02 Å². The van der Waals surface area contributed by atoms with Crippen LogP contribution in [0.25, 0.3) is 10.6 Å². The minimum absolute atomic E-state index is 0. The van der Waals surface area contributed by atoms with Crippen molar-refractivity contribution in [3.63, 3.8) is 0 Å². The highest BCUT2D eigenvalue weighted by Gasteiger charge is 2.29. The van der Waals surface area contributed by atoms with Gasteiger partial charge in [0, 0.05) is 18.7 Å². The third-order valence-corrected chi connectivity index (χ3v) is 9.28. The second kappa shape index (κ2) is 14.0. The molecule has 2 fully saturated rings. The van der Waals surface area contributed by atoms with Crippen molar-refractivity contribution < 1.29 is 19.4 Å². The van der Waals surface area contributed by atoms with E-state index in [1.165, 1.54) is 17.8 Å². The first kappa shape index (κ1) is 31.2. The van der Waals surface area contributed by atoms with Crippen molar-refractivity contribution >= 4 is 52.4 Å². The summed E-state index contributed by atoms with van der Waals surface area (Å²) in [5.74, 6) is 0.249. The van der Waals surface area contributed by atoms with Crippen molar-refractivity contribution in [2.75, 3.05) is 37.7 Å². The number of hydrogen-bond donors (Lipinski definition) is 1. The highest BCUT2D eigenvalue weighted by atomic mass is 35.5. The summed E-state index contributed by atoms with van der Waals surface area (Å²) >= 11 is 7.78. The van der Waals surface area contributed by atoms with Crippen molar-refractivity contribution in [2.45, 2.75) is 46.0 Å². The Hall–Kier alpha value is -2.72. The minimum Gasteiger partial charge on any atom is -0.492 e. The minimum atomic E-state index is -0.692. The number of benzene rings is 2. The molecular formula is C30H36Cl2N4O4S. The van der Waals surface area contributed by atoms with Crippen LogP contribution in [0, 0.1) is 25.7 Å². The maximum Gasteiger partial charge on any atom is 0.306 e. The lowest BCUT2D eigenvalue weighted by Crippen LogP contribution is -2.38. The lowest BCUT2D eigenvalue weighted by Gasteiger charge is -2.31. The number of piperidine rings is 1. The Bertz CT molecular complexity index is 1350. The van der Waals surface area contributed by atoms with Crippen molar-refractivity contribution in [3.05, 3.63) is 58.1 Å². The average molecular weight is 620 g/mol. The number of aromatic nitrogens is 2. The number of carbonyl (C=O) groups is 2. The Morgan fingerprint density at radius 1 is 1.10 bits per heavy atom. The summed E-state index contributed by atoms with van der Waals surface area (Å²) in [6, 6.07) is 11.2. The fraction of sp³-hybridized carbons (Fsp3) is 0.467. The standard InChI is InChI=1S/C30H35ClN4O4S.ClH/c1-19-16-23(17-20(2)26(19)39-15-14-34-12-10-22(11-13-34)29(37)38)27-32-33-30(40-27)35(18-21-6-5-7-21)28(36)24-8-3-4-9-25(24)31;/h3-4,8-9,16-17,21-22H,5-7,10-15,18H2,1-2H3,(H,37,38);1H. The van der Waals surface area contributed by atoms with Crippen LogP contribution in [0.15, 0.2) is 36.4 Å². The largest absolute Gasteiger partial charge is 0.492 e. The molecule has 1 saturated heterocycles. The molecule has 2 aliphatic rings. The van der Waals surface area contributed by atoms with Crippen LogP contribution < -0.4 is 9.64 Å². The van der Waals surface area contributed by atoms with Gasteiger partial charge in [-0.25, -0.2) is 0 Å². The van der Waals surface area contributed by atoms with Gasteiger partial charge < -0.3 is 9.84 Å². The van der Waals surface area contributed by atoms with Gasteiger partial charge in [0.25, 0.3) is 5.91 Å². The van der Waals surface area contributed by atoms with E-state index >= 15 is 0 Å². The molecule has 0 atom stereocenters. The zero-order valence-corrected chi connectivity index (χ0v) is 25.7. The van der Waals surface area contributed by atoms with Crippen molar-refractivity contribution in [1.82, 2.24) is 15.1 Å². The average Bonchev–Trinajstić information content (AvgIpc) is 3.40. The van der Waals surface area contributed by atoms with E-state index in [1.807, 2.05) is 26.0 Å². The lowest BCUT2D eigenvalue weighted by atomic mass is 9.85. The Balaban J connectivity index is 0.00000387. The van der Waals surface area contributed by atoms with Gasteiger partial charge in [0.05, 0.1) is 16.5 Å². The summed E-state index contributed by atoms with van der Waals surface area (Å²) in [5, 5.41) is 19.9. The molecule has 11 heteroatoms. The number of halogens is 2. The number of nitrogens with zero attached hydrogens (tertiary/aromatic N) is 4. The Morgan fingerprint density at radius 2 is 1.78 bits per heavy atom. The molecule has 8 nitrogen and oxygen atoms in total. The fourth-order valence-electron chi connectivity index (χ4n) is 5.38. The number of carboxylic acids is 1. The first-order valence-electron chi connectivity index (χ1n) is 13.9. The zero-order chi connectivity index (χ0) is 28.2. The van der Waals surface area contributed by atoms with E-state index in [1.54, 1.807) is 17.0 Å². The number of rotatable bonds is 10. The number of ether oxygens (including phenoxy) is 1. The fourth-order valence-corrected chi connectivity index (χ4v) is 6.44. The van der Waals surface area contributed by atoms with Gasteiger partial charge in [0.15, 0.2) is 0 Å². The zero-order valence-electron chi connectivity index (χ0n) is 23.3. The van der Waals surface area contributed by atoms with Gasteiger partial charge in [-0.2, -0.15) is 0 Å². The maximum atomic E-state index is 13.5. The monoisotopic (exact) mass is 618 g/mol. The van der Waals surface area contributed by atoms with E-state index in [0.29, 0.717) is 47.6 Å². The Morgan fingerprint density at radius 3 is 2.39 bits per heavy atom. The molecule has 0 unspecified atom stereocenters. The SMILES string of the molecule is Cc1cc(-c2nnc(N(CC3CCC3)C(=O)c3ccccc3Cl)s2)cc(C)c1OCCN1CCC(C(=O)O)CC1.Cl. The number of hydrogen-bond acceptors (Lipinski definition) is 7. The molecule has 1 aliphatic heterocycles. The van der Waals surface area contributed by atoms with E-state index in [-0.39, 0.29) is 24.2 Å². The van der Waals surface area contributed by atoms with Crippen molar-refractivity contribution in [3.8, 4) is 16.3 Å². The molecule has 0 bridgehead atoms. The van der Waals surface area contributed by atoms with Crippen LogP contribution in [-0.4, -0.2) is 64.9 Å². The summed E-state index contributed by atoms with van der Waals surface area (Å²) in [7, 11) is 0. The summed E-state index contributed by atoms with van der Waals surface area (Å²) in [6.07, 6.45) is 4.79. The summed E-state index contributed by atoms with van der Waals surface area (Å²) in [5.41, 5.74) is 3.43. The molecule has 1 amide bonds. The van der Waals surface area contributed by atoms with E-state index in [0.717, 1.165) is 59.9 Å². The van der Waals surface area contributed by atoms with Crippen LogP contribution in [0.4, 0.5) is 5.13 Å². The second-order valence-corrected chi connectivity index (χ2v) is 12.2. The third-order valence-electron chi connectivity index (χ3n) is 7.96. The van der Waals surface area contributed by atoms with E-state index < -0.39 is 5.97 Å².